The van der Waals surface area contributed by atoms with Crippen LogP contribution in [0.4, 0.5) is 0 Å². The SMILES string of the molecule is CCN(CCc1ccccc1)C(=O)c1ncn[nH]1. The summed E-state index contributed by atoms with van der Waals surface area (Å²) >= 11 is 0. The van der Waals surface area contributed by atoms with Gasteiger partial charge in [-0.15, -0.1) is 0 Å². The Morgan fingerprint density at radius 2 is 2.11 bits per heavy atom. The minimum absolute atomic E-state index is 0.106. The van der Waals surface area contributed by atoms with Gasteiger partial charge in [-0.25, -0.2) is 4.98 Å². The Morgan fingerprint density at radius 3 is 2.72 bits per heavy atom. The van der Waals surface area contributed by atoms with Crippen molar-refractivity contribution in [1.29, 1.82) is 0 Å². The van der Waals surface area contributed by atoms with Gasteiger partial charge in [0.2, 0.25) is 5.82 Å². The van der Waals surface area contributed by atoms with Gasteiger partial charge in [-0.1, -0.05) is 30.3 Å². The number of rotatable bonds is 5. The summed E-state index contributed by atoms with van der Waals surface area (Å²) in [6, 6.07) is 10.1. The summed E-state index contributed by atoms with van der Waals surface area (Å²) in [4.78, 5) is 17.7. The van der Waals surface area contributed by atoms with Gasteiger partial charge in [-0.05, 0) is 18.9 Å². The maximum absolute atomic E-state index is 12.1. The van der Waals surface area contributed by atoms with Crippen LogP contribution in [0.1, 0.15) is 23.1 Å². The van der Waals surface area contributed by atoms with Crippen LogP contribution in [0.25, 0.3) is 0 Å². The van der Waals surface area contributed by atoms with E-state index < -0.39 is 0 Å². The van der Waals surface area contributed by atoms with Gasteiger partial charge in [0.1, 0.15) is 6.33 Å². The molecule has 0 saturated carbocycles. The summed E-state index contributed by atoms with van der Waals surface area (Å²) in [6.45, 7) is 3.30. The van der Waals surface area contributed by atoms with Crippen molar-refractivity contribution in [2.45, 2.75) is 13.3 Å². The van der Waals surface area contributed by atoms with Crippen LogP contribution in [0.15, 0.2) is 36.7 Å². The van der Waals surface area contributed by atoms with E-state index in [-0.39, 0.29) is 5.91 Å². The largest absolute Gasteiger partial charge is 0.336 e. The second-order valence-corrected chi connectivity index (χ2v) is 3.95. The first-order chi connectivity index (χ1) is 8.81. The molecule has 0 radical (unpaired) electrons. The Balaban J connectivity index is 1.96. The van der Waals surface area contributed by atoms with E-state index >= 15 is 0 Å². The van der Waals surface area contributed by atoms with Gasteiger partial charge in [0.05, 0.1) is 0 Å². The Kier molecular flexibility index (Phi) is 4.06. The molecule has 0 bridgehead atoms. The van der Waals surface area contributed by atoms with Crippen LogP contribution in [0, 0.1) is 0 Å². The zero-order valence-electron chi connectivity index (χ0n) is 10.3. The van der Waals surface area contributed by atoms with Crippen molar-refractivity contribution in [2.75, 3.05) is 13.1 Å². The molecule has 0 aliphatic carbocycles. The first kappa shape index (κ1) is 12.3. The molecule has 2 aromatic rings. The quantitative estimate of drug-likeness (QED) is 0.867. The van der Waals surface area contributed by atoms with Crippen LogP contribution in [0.2, 0.25) is 0 Å². The molecular weight excluding hydrogens is 228 g/mol. The van der Waals surface area contributed by atoms with Gasteiger partial charge in [0.25, 0.3) is 5.91 Å². The van der Waals surface area contributed by atoms with E-state index in [4.69, 9.17) is 0 Å². The third-order valence-corrected chi connectivity index (χ3v) is 2.80. The molecule has 5 heteroatoms. The van der Waals surface area contributed by atoms with Crippen molar-refractivity contribution in [3.8, 4) is 0 Å². The first-order valence-corrected chi connectivity index (χ1v) is 6.00. The number of nitrogens with zero attached hydrogens (tertiary/aromatic N) is 3. The number of likely N-dealkylation sites (N-methyl/N-ethyl adjacent to an activating group) is 1. The molecule has 1 heterocycles. The summed E-state index contributed by atoms with van der Waals surface area (Å²) < 4.78 is 0. The first-order valence-electron chi connectivity index (χ1n) is 6.00. The number of nitrogens with one attached hydrogen (secondary N) is 1. The number of H-pyrrole nitrogens is 1. The minimum atomic E-state index is -0.106. The Bertz CT molecular complexity index is 481. The van der Waals surface area contributed by atoms with Crippen LogP contribution in [0.5, 0.6) is 0 Å². The Hall–Kier alpha value is -2.17. The van der Waals surface area contributed by atoms with Gasteiger partial charge in [-0.2, -0.15) is 5.10 Å². The average Bonchev–Trinajstić information content (AvgIpc) is 2.94. The van der Waals surface area contributed by atoms with Crippen LogP contribution in [-0.4, -0.2) is 39.1 Å². The molecular formula is C13H16N4O. The molecule has 94 valence electrons. The average molecular weight is 244 g/mol. The van der Waals surface area contributed by atoms with Crippen LogP contribution in [0.3, 0.4) is 0 Å². The van der Waals surface area contributed by atoms with Crippen molar-refractivity contribution in [1.82, 2.24) is 20.1 Å². The van der Waals surface area contributed by atoms with E-state index in [0.717, 1.165) is 6.42 Å². The third-order valence-electron chi connectivity index (χ3n) is 2.80. The molecule has 0 fully saturated rings. The van der Waals surface area contributed by atoms with Gasteiger partial charge >= 0.3 is 0 Å². The molecule has 0 atom stereocenters. The number of hydrogen-bond donors (Lipinski definition) is 1. The highest BCUT2D eigenvalue weighted by molar-refractivity contribution is 5.90. The number of carbonyl (C=O) groups excluding carboxylic acids is 1. The van der Waals surface area contributed by atoms with Crippen LogP contribution < -0.4 is 0 Å². The molecule has 0 spiro atoms. The fourth-order valence-electron chi connectivity index (χ4n) is 1.77. The molecule has 1 amide bonds. The predicted molar refractivity (Wildman–Crippen MR) is 68.1 cm³/mol. The molecule has 0 aliphatic rings. The monoisotopic (exact) mass is 244 g/mol. The molecule has 1 N–H and O–H groups in total. The topological polar surface area (TPSA) is 61.9 Å². The van der Waals surface area contributed by atoms with Gasteiger partial charge in [0, 0.05) is 13.1 Å². The molecule has 2 rings (SSSR count). The smallest absolute Gasteiger partial charge is 0.291 e. The standard InChI is InChI=1S/C13H16N4O/c1-2-17(13(18)12-14-10-15-16-12)9-8-11-6-4-3-5-7-11/h3-7,10H,2,8-9H2,1H3,(H,14,15,16). The van der Waals surface area contributed by atoms with Gasteiger partial charge in [-0.3, -0.25) is 9.89 Å². The van der Waals surface area contributed by atoms with E-state index in [1.54, 1.807) is 4.90 Å². The van der Waals surface area contributed by atoms with Crippen molar-refractivity contribution in [3.63, 3.8) is 0 Å². The normalized spacial score (nSPS) is 10.3. The van der Waals surface area contributed by atoms with E-state index in [1.165, 1.54) is 11.9 Å². The van der Waals surface area contributed by atoms with Crippen molar-refractivity contribution >= 4 is 5.91 Å². The molecule has 0 saturated heterocycles. The van der Waals surface area contributed by atoms with Gasteiger partial charge < -0.3 is 4.90 Å². The number of hydrogen-bond acceptors (Lipinski definition) is 3. The van der Waals surface area contributed by atoms with Crippen LogP contribution >= 0.6 is 0 Å². The van der Waals surface area contributed by atoms with E-state index in [2.05, 4.69) is 27.3 Å². The van der Waals surface area contributed by atoms with E-state index in [0.29, 0.717) is 18.9 Å². The lowest BCUT2D eigenvalue weighted by Crippen LogP contribution is -2.33. The maximum Gasteiger partial charge on any atom is 0.291 e. The Labute approximate surface area is 106 Å². The molecule has 1 aromatic carbocycles. The molecule has 5 nitrogen and oxygen atoms in total. The Morgan fingerprint density at radius 1 is 1.33 bits per heavy atom. The summed E-state index contributed by atoms with van der Waals surface area (Å²) in [7, 11) is 0. The number of aromatic amines is 1. The second kappa shape index (κ2) is 5.95. The minimum Gasteiger partial charge on any atom is -0.336 e. The number of amides is 1. The highest BCUT2D eigenvalue weighted by Gasteiger charge is 2.16. The lowest BCUT2D eigenvalue weighted by molar-refractivity contribution is 0.0754. The lowest BCUT2D eigenvalue weighted by atomic mass is 10.1. The zero-order chi connectivity index (χ0) is 12.8. The molecule has 18 heavy (non-hydrogen) atoms. The van der Waals surface area contributed by atoms with Crippen molar-refractivity contribution in [2.24, 2.45) is 0 Å². The number of carbonyl (C=O) groups is 1. The molecule has 1 aromatic heterocycles. The highest BCUT2D eigenvalue weighted by Crippen LogP contribution is 2.03. The fourth-order valence-corrected chi connectivity index (χ4v) is 1.77. The lowest BCUT2D eigenvalue weighted by Gasteiger charge is -2.19. The summed E-state index contributed by atoms with van der Waals surface area (Å²) in [5, 5.41) is 6.29. The summed E-state index contributed by atoms with van der Waals surface area (Å²) in [5.74, 6) is 0.191. The highest BCUT2D eigenvalue weighted by atomic mass is 16.2. The van der Waals surface area contributed by atoms with E-state index in [1.807, 2.05) is 25.1 Å². The molecule has 0 unspecified atom stereocenters. The summed E-state index contributed by atoms with van der Waals surface area (Å²) in [6.07, 6.45) is 2.19. The van der Waals surface area contributed by atoms with Crippen molar-refractivity contribution < 1.29 is 4.79 Å². The number of aromatic nitrogens is 3. The number of benzene rings is 1. The predicted octanol–water partition coefficient (Wildman–Crippen LogP) is 1.51. The second-order valence-electron chi connectivity index (χ2n) is 3.95. The maximum atomic E-state index is 12.1. The zero-order valence-corrected chi connectivity index (χ0v) is 10.3. The van der Waals surface area contributed by atoms with Gasteiger partial charge in [0.15, 0.2) is 0 Å². The fraction of sp³-hybridized carbons (Fsp3) is 0.308. The molecule has 0 aliphatic heterocycles. The van der Waals surface area contributed by atoms with E-state index in [9.17, 15) is 4.79 Å². The summed E-state index contributed by atoms with van der Waals surface area (Å²) in [5.41, 5.74) is 1.22. The third kappa shape index (κ3) is 2.94. The van der Waals surface area contributed by atoms with Crippen molar-refractivity contribution in [3.05, 3.63) is 48.0 Å². The van der Waals surface area contributed by atoms with Crippen LogP contribution in [-0.2, 0) is 6.42 Å².